The first-order valence-electron chi connectivity index (χ1n) is 7.06. The maximum Gasteiger partial charge on any atom is 0.268 e. The number of carbonyl (C=O) groups excluding carboxylic acids is 1. The van der Waals surface area contributed by atoms with Crippen LogP contribution in [-0.4, -0.2) is 33.2 Å². The number of amides is 1. The van der Waals surface area contributed by atoms with Crippen molar-refractivity contribution in [1.82, 2.24) is 14.9 Å². The molecule has 1 unspecified atom stereocenters. The third-order valence-electron chi connectivity index (χ3n) is 3.27. The van der Waals surface area contributed by atoms with E-state index in [9.17, 15) is 9.90 Å². The van der Waals surface area contributed by atoms with E-state index in [0.717, 1.165) is 22.7 Å². The van der Waals surface area contributed by atoms with Crippen LogP contribution in [0, 0.1) is 6.92 Å². The van der Waals surface area contributed by atoms with Gasteiger partial charge in [-0.15, -0.1) is 11.3 Å². The van der Waals surface area contributed by atoms with Crippen molar-refractivity contribution in [3.63, 3.8) is 0 Å². The number of nitrogens with one attached hydrogen (secondary N) is 1. The van der Waals surface area contributed by atoms with Gasteiger partial charge in [0.25, 0.3) is 5.91 Å². The van der Waals surface area contributed by atoms with Crippen molar-refractivity contribution in [2.24, 2.45) is 7.05 Å². The Hall–Kier alpha value is -1.66. The van der Waals surface area contributed by atoms with Crippen LogP contribution < -0.4 is 5.32 Å². The van der Waals surface area contributed by atoms with E-state index in [1.165, 1.54) is 0 Å². The van der Waals surface area contributed by atoms with Crippen LogP contribution in [-0.2, 0) is 7.05 Å². The second kappa shape index (κ2) is 6.87. The molecule has 0 radical (unpaired) electrons. The number of hydrogen-bond donors (Lipinski definition) is 2. The highest BCUT2D eigenvalue weighted by atomic mass is 32.1. The van der Waals surface area contributed by atoms with Crippen LogP contribution in [0.5, 0.6) is 0 Å². The zero-order chi connectivity index (χ0) is 15.4. The lowest BCUT2D eigenvalue weighted by Gasteiger charge is -2.10. The summed E-state index contributed by atoms with van der Waals surface area (Å²) in [5, 5.41) is 15.4. The second-order valence-corrected chi connectivity index (χ2v) is 6.19. The van der Waals surface area contributed by atoms with Crippen LogP contribution >= 0.6 is 11.3 Å². The van der Waals surface area contributed by atoms with Gasteiger partial charge in [-0.1, -0.05) is 13.3 Å². The monoisotopic (exact) mass is 307 g/mol. The van der Waals surface area contributed by atoms with Crippen molar-refractivity contribution >= 4 is 17.2 Å². The normalized spacial score (nSPS) is 12.4. The van der Waals surface area contributed by atoms with Gasteiger partial charge >= 0.3 is 0 Å². The van der Waals surface area contributed by atoms with Gasteiger partial charge in [0.15, 0.2) is 0 Å². The zero-order valence-electron chi connectivity index (χ0n) is 12.6. The summed E-state index contributed by atoms with van der Waals surface area (Å²) in [4.78, 5) is 16.6. The van der Waals surface area contributed by atoms with Crippen molar-refractivity contribution in [1.29, 1.82) is 0 Å². The fourth-order valence-electron chi connectivity index (χ4n) is 2.16. The predicted octanol–water partition coefficient (Wildman–Crippen LogP) is 2.35. The molecule has 2 aromatic rings. The first-order chi connectivity index (χ1) is 10.0. The van der Waals surface area contributed by atoms with E-state index in [2.05, 4.69) is 10.3 Å². The second-order valence-electron chi connectivity index (χ2n) is 5.13. The van der Waals surface area contributed by atoms with E-state index in [4.69, 9.17) is 0 Å². The number of aliphatic hydroxyl groups is 1. The molecule has 6 heteroatoms. The molecule has 0 saturated carbocycles. The van der Waals surface area contributed by atoms with E-state index in [1.54, 1.807) is 15.9 Å². The van der Waals surface area contributed by atoms with Gasteiger partial charge in [0.05, 0.1) is 16.8 Å². The fourth-order valence-corrected chi connectivity index (χ4v) is 2.78. The van der Waals surface area contributed by atoms with Gasteiger partial charge in [-0.05, 0) is 19.4 Å². The average molecular weight is 307 g/mol. The summed E-state index contributed by atoms with van der Waals surface area (Å²) in [7, 11) is 1.83. The van der Waals surface area contributed by atoms with Gasteiger partial charge < -0.3 is 15.0 Å². The summed E-state index contributed by atoms with van der Waals surface area (Å²) in [6.45, 7) is 4.24. The number of aromatic nitrogens is 2. The first-order valence-corrected chi connectivity index (χ1v) is 7.94. The minimum atomic E-state index is -0.486. The molecule has 0 aliphatic carbocycles. The van der Waals surface area contributed by atoms with Gasteiger partial charge in [0, 0.05) is 30.7 Å². The zero-order valence-corrected chi connectivity index (χ0v) is 13.4. The van der Waals surface area contributed by atoms with Gasteiger partial charge in [0.2, 0.25) is 0 Å². The van der Waals surface area contributed by atoms with E-state index in [1.807, 2.05) is 38.5 Å². The third kappa shape index (κ3) is 3.92. The molecule has 5 nitrogen and oxygen atoms in total. The molecule has 0 aliphatic rings. The van der Waals surface area contributed by atoms with Gasteiger partial charge in [-0.2, -0.15) is 0 Å². The summed E-state index contributed by atoms with van der Waals surface area (Å²) < 4.78 is 1.78. The lowest BCUT2D eigenvalue weighted by Crippen LogP contribution is -2.32. The van der Waals surface area contributed by atoms with Crippen LogP contribution in [0.3, 0.4) is 0 Å². The fraction of sp³-hybridized carbons (Fsp3) is 0.467. The Labute approximate surface area is 128 Å². The molecule has 2 heterocycles. The molecule has 21 heavy (non-hydrogen) atoms. The number of thiazole rings is 1. The van der Waals surface area contributed by atoms with Crippen LogP contribution in [0.1, 0.15) is 35.3 Å². The Bertz CT molecular complexity index is 618. The number of hydrogen-bond acceptors (Lipinski definition) is 4. The van der Waals surface area contributed by atoms with Gasteiger partial charge in [-0.25, -0.2) is 4.98 Å². The molecule has 2 rings (SSSR count). The highest BCUT2D eigenvalue weighted by Crippen LogP contribution is 2.23. The van der Waals surface area contributed by atoms with Crippen molar-refractivity contribution in [2.45, 2.75) is 32.8 Å². The van der Waals surface area contributed by atoms with Crippen molar-refractivity contribution < 1.29 is 9.90 Å². The van der Waals surface area contributed by atoms with E-state index in [0.29, 0.717) is 12.1 Å². The summed E-state index contributed by atoms with van der Waals surface area (Å²) in [5.74, 6) is -0.175. The molecular formula is C15H21N3O2S. The van der Waals surface area contributed by atoms with E-state index >= 15 is 0 Å². The quantitative estimate of drug-likeness (QED) is 0.861. The van der Waals surface area contributed by atoms with Crippen LogP contribution in [0.15, 0.2) is 17.6 Å². The first kappa shape index (κ1) is 15.7. The largest absolute Gasteiger partial charge is 0.391 e. The molecule has 1 atom stereocenters. The van der Waals surface area contributed by atoms with Gasteiger partial charge in [0.1, 0.15) is 5.69 Å². The number of aryl methyl sites for hydroxylation is 2. The summed E-state index contributed by atoms with van der Waals surface area (Å²) in [6.07, 6.45) is 3.00. The molecular weight excluding hydrogens is 286 g/mol. The van der Waals surface area contributed by atoms with Gasteiger partial charge in [-0.3, -0.25) is 4.79 Å². The number of aliphatic hydroxyl groups excluding tert-OH is 1. The Kier molecular flexibility index (Phi) is 5.14. The highest BCUT2D eigenvalue weighted by molar-refractivity contribution is 7.09. The maximum atomic E-state index is 12.2. The smallest absolute Gasteiger partial charge is 0.268 e. The van der Waals surface area contributed by atoms with E-state index in [-0.39, 0.29) is 12.5 Å². The highest BCUT2D eigenvalue weighted by Gasteiger charge is 2.15. The molecule has 0 aromatic carbocycles. The number of nitrogens with zero attached hydrogens (tertiary/aromatic N) is 2. The number of rotatable bonds is 6. The molecule has 0 bridgehead atoms. The third-order valence-corrected chi connectivity index (χ3v) is 4.05. The Morgan fingerprint density at radius 3 is 2.95 bits per heavy atom. The molecule has 0 saturated heterocycles. The average Bonchev–Trinajstić information content (AvgIpc) is 3.02. The van der Waals surface area contributed by atoms with Crippen molar-refractivity contribution in [3.8, 4) is 11.3 Å². The Morgan fingerprint density at radius 1 is 1.57 bits per heavy atom. The number of carbonyl (C=O) groups is 1. The minimum Gasteiger partial charge on any atom is -0.391 e. The SMILES string of the molecule is CCCC(O)CNC(=O)c1cc(-c2csc(C)n2)cn1C. The standard InChI is InChI=1S/C15H21N3O2S/c1-4-5-12(19)7-16-15(20)14-6-11(8-18(14)3)13-9-21-10(2)17-13/h6,8-9,12,19H,4-5,7H2,1-3H3,(H,16,20). The maximum absolute atomic E-state index is 12.2. The topological polar surface area (TPSA) is 67.2 Å². The molecule has 114 valence electrons. The minimum absolute atomic E-state index is 0.175. The molecule has 2 N–H and O–H groups in total. The molecule has 0 spiro atoms. The lowest BCUT2D eigenvalue weighted by molar-refractivity contribution is 0.0902. The van der Waals surface area contributed by atoms with Crippen molar-refractivity contribution in [3.05, 3.63) is 28.3 Å². The lowest BCUT2D eigenvalue weighted by atomic mass is 10.2. The van der Waals surface area contributed by atoms with Crippen LogP contribution in [0.25, 0.3) is 11.3 Å². The van der Waals surface area contributed by atoms with E-state index < -0.39 is 6.10 Å². The predicted molar refractivity (Wildman–Crippen MR) is 84.5 cm³/mol. The summed E-state index contributed by atoms with van der Waals surface area (Å²) >= 11 is 1.59. The van der Waals surface area contributed by atoms with Crippen LogP contribution in [0.2, 0.25) is 0 Å². The Balaban J connectivity index is 2.06. The Morgan fingerprint density at radius 2 is 2.33 bits per heavy atom. The van der Waals surface area contributed by atoms with Crippen molar-refractivity contribution in [2.75, 3.05) is 6.54 Å². The summed E-state index contributed by atoms with van der Waals surface area (Å²) in [5.41, 5.74) is 2.39. The molecule has 0 aliphatic heterocycles. The molecule has 0 fully saturated rings. The van der Waals surface area contributed by atoms with Crippen LogP contribution in [0.4, 0.5) is 0 Å². The molecule has 2 aromatic heterocycles. The summed E-state index contributed by atoms with van der Waals surface area (Å²) in [6, 6.07) is 1.83. The molecule has 1 amide bonds.